The molecule has 13 heavy (non-hydrogen) atoms. The molecule has 0 saturated carbocycles. The minimum atomic E-state index is -4.08. The summed E-state index contributed by atoms with van der Waals surface area (Å²) in [6.45, 7) is 0. The number of benzene rings is 1. The van der Waals surface area contributed by atoms with Gasteiger partial charge in [-0.2, -0.15) is 0 Å². The summed E-state index contributed by atoms with van der Waals surface area (Å²) in [4.78, 5) is 0. The van der Waals surface area contributed by atoms with Crippen molar-refractivity contribution in [3.05, 3.63) is 30.3 Å². The summed E-state index contributed by atoms with van der Waals surface area (Å²) in [5.41, 5.74) is 6.27. The van der Waals surface area contributed by atoms with Crippen LogP contribution in [0.15, 0.2) is 30.3 Å². The van der Waals surface area contributed by atoms with E-state index in [-0.39, 0.29) is 35.3 Å². The average Bonchev–Trinajstić information content (AvgIpc) is 2.06. The zero-order chi connectivity index (χ0) is 9.03. The fourth-order valence-electron chi connectivity index (χ4n) is 0.616. The van der Waals surface area contributed by atoms with E-state index >= 15 is 0 Å². The van der Waals surface area contributed by atoms with Gasteiger partial charge in [0.15, 0.2) is 0 Å². The molecule has 0 fully saturated rings. The van der Waals surface area contributed by atoms with Gasteiger partial charge in [0, 0.05) is 5.53 Å². The molecule has 0 spiro atoms. The summed E-state index contributed by atoms with van der Waals surface area (Å²) in [7, 11) is -4.08. The van der Waals surface area contributed by atoms with Crippen LogP contribution in [0.25, 0.3) is 0 Å². The number of nitrogens with one attached hydrogen (secondary N) is 1. The molecule has 0 aliphatic rings. The Bertz CT molecular complexity index is 365. The van der Waals surface area contributed by atoms with Crippen molar-refractivity contribution < 1.29 is 12.6 Å². The van der Waals surface area contributed by atoms with Gasteiger partial charge in [-0.05, 0) is 12.1 Å². The SMILES string of the molecule is N=[N+]S(=O)(=O)Oc1ccccc1.[NaH]. The van der Waals surface area contributed by atoms with Crippen molar-refractivity contribution in [2.75, 3.05) is 0 Å². The molecule has 0 amide bonds. The molecule has 0 aliphatic carbocycles. The van der Waals surface area contributed by atoms with Gasteiger partial charge < -0.3 is 4.18 Å². The first-order chi connectivity index (χ1) is 5.64. The molecular formula is C6H7N2NaO3S+. The average molecular weight is 210 g/mol. The molecule has 65 valence electrons. The third-order valence-corrected chi connectivity index (χ3v) is 1.68. The fourth-order valence-corrected chi connectivity index (χ4v) is 1.01. The quantitative estimate of drug-likeness (QED) is 0.564. The molecule has 1 aromatic carbocycles. The van der Waals surface area contributed by atoms with Crippen LogP contribution in [0, 0.1) is 5.53 Å². The molecule has 0 bridgehead atoms. The van der Waals surface area contributed by atoms with Gasteiger partial charge in [0.05, 0.1) is 0 Å². The van der Waals surface area contributed by atoms with Crippen LogP contribution >= 0.6 is 0 Å². The summed E-state index contributed by atoms with van der Waals surface area (Å²) in [5, 5.41) is 0. The maximum absolute atomic E-state index is 10.6. The summed E-state index contributed by atoms with van der Waals surface area (Å²) in [5.74, 6) is 0.147. The predicted octanol–water partition coefficient (Wildman–Crippen LogP) is 0.0285. The van der Waals surface area contributed by atoms with E-state index in [1.165, 1.54) is 12.1 Å². The monoisotopic (exact) mass is 210 g/mol. The first-order valence-electron chi connectivity index (χ1n) is 3.02. The Labute approximate surface area is 98.2 Å². The van der Waals surface area contributed by atoms with Crippen molar-refractivity contribution in [3.63, 3.8) is 0 Å². The molecule has 1 radical (unpaired) electrons. The third kappa shape index (κ3) is 4.37. The molecule has 0 atom stereocenters. The number of hydrogen-bond donors (Lipinski definition) is 1. The standard InChI is InChI=1S/C6H6N2O3S.Na.H/c7-8-12(9,10)11-6-4-2-1-3-5-6;;/h1-5,7H;;/q+1;;. The van der Waals surface area contributed by atoms with Gasteiger partial charge in [0.1, 0.15) is 5.75 Å². The van der Waals surface area contributed by atoms with Gasteiger partial charge in [0.25, 0.3) is 0 Å². The van der Waals surface area contributed by atoms with Crippen LogP contribution in [0.4, 0.5) is 0 Å². The molecule has 0 unspecified atom stereocenters. The van der Waals surface area contributed by atoms with Crippen molar-refractivity contribution in [2.24, 2.45) is 0 Å². The van der Waals surface area contributed by atoms with Gasteiger partial charge in [0.2, 0.25) is 0 Å². The Morgan fingerprint density at radius 2 is 1.77 bits per heavy atom. The van der Waals surface area contributed by atoms with Gasteiger partial charge in [-0.15, -0.1) is 8.42 Å². The molecule has 1 N–H and O–H groups in total. The van der Waals surface area contributed by atoms with Gasteiger partial charge in [-0.1, -0.05) is 18.2 Å². The van der Waals surface area contributed by atoms with Crippen LogP contribution in [-0.4, -0.2) is 38.0 Å². The van der Waals surface area contributed by atoms with Crippen molar-refractivity contribution in [1.29, 1.82) is 5.53 Å². The normalized spacial score (nSPS) is 9.85. The number of rotatable bonds is 3. The van der Waals surface area contributed by atoms with E-state index in [9.17, 15) is 8.42 Å². The molecule has 1 rings (SSSR count). The van der Waals surface area contributed by atoms with Gasteiger partial charge >= 0.3 is 44.4 Å². The molecule has 7 heteroatoms. The third-order valence-electron chi connectivity index (χ3n) is 1.06. The zero-order valence-electron chi connectivity index (χ0n) is 5.97. The topological polar surface area (TPSA) is 81.3 Å². The van der Waals surface area contributed by atoms with Crippen molar-refractivity contribution in [2.45, 2.75) is 0 Å². The second-order valence-electron chi connectivity index (χ2n) is 1.92. The molecule has 0 saturated heterocycles. The van der Waals surface area contributed by atoms with Crippen molar-refractivity contribution in [3.8, 4) is 5.75 Å². The molecule has 0 heterocycles. The first kappa shape index (κ1) is 12.6. The fraction of sp³-hybridized carbons (Fsp3) is 0. The molecule has 1 aromatic rings. The van der Waals surface area contributed by atoms with Crippen LogP contribution in [-0.2, 0) is 10.3 Å². The maximum atomic E-state index is 10.6. The van der Waals surface area contributed by atoms with E-state index in [4.69, 9.17) is 5.53 Å². The second-order valence-corrected chi connectivity index (χ2v) is 3.12. The van der Waals surface area contributed by atoms with Crippen molar-refractivity contribution in [1.82, 2.24) is 4.52 Å². The molecule has 0 aliphatic heterocycles. The Morgan fingerprint density at radius 3 is 2.23 bits per heavy atom. The summed E-state index contributed by atoms with van der Waals surface area (Å²) in [6, 6.07) is 7.88. The van der Waals surface area contributed by atoms with E-state index in [1.54, 1.807) is 18.2 Å². The minimum absolute atomic E-state index is 0. The van der Waals surface area contributed by atoms with Crippen molar-refractivity contribution >= 4 is 39.9 Å². The van der Waals surface area contributed by atoms with E-state index in [2.05, 4.69) is 8.70 Å². The Hall–Kier alpha value is -0.430. The van der Waals surface area contributed by atoms with Crippen LogP contribution in [0.1, 0.15) is 0 Å². The van der Waals surface area contributed by atoms with E-state index in [0.717, 1.165) is 0 Å². The summed E-state index contributed by atoms with van der Waals surface area (Å²) >= 11 is 0. The van der Waals surface area contributed by atoms with Gasteiger partial charge in [-0.25, -0.2) is 0 Å². The zero-order valence-corrected chi connectivity index (χ0v) is 6.78. The number of nitrogens with zero attached hydrogens (tertiary/aromatic N) is 1. The van der Waals surface area contributed by atoms with Crippen LogP contribution < -0.4 is 8.70 Å². The van der Waals surface area contributed by atoms with E-state index in [1.807, 2.05) is 0 Å². The van der Waals surface area contributed by atoms with E-state index in [0.29, 0.717) is 0 Å². The Balaban J connectivity index is 0.00000144. The van der Waals surface area contributed by atoms with E-state index < -0.39 is 10.3 Å². The summed E-state index contributed by atoms with van der Waals surface area (Å²) < 4.78 is 27.9. The van der Waals surface area contributed by atoms with Crippen LogP contribution in [0.2, 0.25) is 0 Å². The number of hydrogen-bond acceptors (Lipinski definition) is 4. The first-order valence-corrected chi connectivity index (χ1v) is 4.39. The van der Waals surface area contributed by atoms with Crippen LogP contribution in [0.5, 0.6) is 5.75 Å². The summed E-state index contributed by atoms with van der Waals surface area (Å²) in [6.07, 6.45) is 0. The number of para-hydroxylation sites is 1. The molecule has 5 nitrogen and oxygen atoms in total. The Kier molecular flexibility index (Phi) is 5.16. The van der Waals surface area contributed by atoms with Gasteiger partial charge in [-0.3, -0.25) is 0 Å². The van der Waals surface area contributed by atoms with Crippen LogP contribution in [0.3, 0.4) is 0 Å². The molecular weight excluding hydrogens is 203 g/mol. The second kappa shape index (κ2) is 5.33. The molecule has 0 aromatic heterocycles. The predicted molar refractivity (Wildman–Crippen MR) is 48.0 cm³/mol. The Morgan fingerprint density at radius 1 is 1.23 bits per heavy atom.